The Balaban J connectivity index is 2.20. The van der Waals surface area contributed by atoms with E-state index in [-0.39, 0.29) is 18.9 Å². The van der Waals surface area contributed by atoms with Crippen molar-refractivity contribution in [2.75, 3.05) is 17.2 Å². The lowest BCUT2D eigenvalue weighted by molar-refractivity contribution is -0.117. The lowest BCUT2D eigenvalue weighted by atomic mass is 10.1. The molecule has 19 heavy (non-hydrogen) atoms. The average molecular weight is 350 g/mol. The molecule has 1 heterocycles. The Morgan fingerprint density at radius 2 is 2.16 bits per heavy atom. The van der Waals surface area contributed by atoms with E-state index in [1.807, 2.05) is 19.1 Å². The van der Waals surface area contributed by atoms with Gasteiger partial charge in [-0.05, 0) is 40.5 Å². The van der Waals surface area contributed by atoms with Crippen LogP contribution in [-0.2, 0) is 15.0 Å². The van der Waals surface area contributed by atoms with Crippen molar-refractivity contribution in [2.45, 2.75) is 13.3 Å². The van der Waals surface area contributed by atoms with Crippen molar-refractivity contribution >= 4 is 37.7 Å². The topological polar surface area (TPSA) is 54.5 Å². The Labute approximate surface area is 119 Å². The third kappa shape index (κ3) is 3.54. The van der Waals surface area contributed by atoms with Crippen LogP contribution < -0.4 is 4.90 Å². The van der Waals surface area contributed by atoms with Crippen LogP contribution in [0.4, 0.5) is 9.57 Å². The van der Waals surface area contributed by atoms with Gasteiger partial charge >= 0.3 is 10.2 Å². The number of hydrogen-bond acceptors (Lipinski definition) is 3. The summed E-state index contributed by atoms with van der Waals surface area (Å²) in [5.41, 5.74) is 1.74. The van der Waals surface area contributed by atoms with Gasteiger partial charge in [-0.3, -0.25) is 4.79 Å². The zero-order valence-corrected chi connectivity index (χ0v) is 12.7. The van der Waals surface area contributed by atoms with Gasteiger partial charge in [-0.1, -0.05) is 6.07 Å². The van der Waals surface area contributed by atoms with Crippen molar-refractivity contribution in [3.05, 3.63) is 28.2 Å². The Hall–Kier alpha value is -0.950. The highest BCUT2D eigenvalue weighted by atomic mass is 79.9. The molecule has 0 aliphatic carbocycles. The highest BCUT2D eigenvalue weighted by Gasteiger charge is 2.34. The molecule has 0 bridgehead atoms. The van der Waals surface area contributed by atoms with E-state index in [0.717, 1.165) is 10.0 Å². The van der Waals surface area contributed by atoms with Crippen LogP contribution in [0.25, 0.3) is 0 Å². The number of anilines is 1. The van der Waals surface area contributed by atoms with E-state index >= 15 is 0 Å². The molecular weight excluding hydrogens is 337 g/mol. The fourth-order valence-electron chi connectivity index (χ4n) is 2.24. The van der Waals surface area contributed by atoms with E-state index in [1.54, 1.807) is 6.07 Å². The summed E-state index contributed by atoms with van der Waals surface area (Å²) in [6, 6.07) is 5.54. The number of carbonyl (C=O) groups is 1. The first kappa shape index (κ1) is 14.5. The molecule has 1 aliphatic rings. The van der Waals surface area contributed by atoms with E-state index < -0.39 is 21.9 Å². The van der Waals surface area contributed by atoms with Gasteiger partial charge in [0.15, 0.2) is 0 Å². The molecule has 1 aromatic carbocycles. The first-order chi connectivity index (χ1) is 8.76. The number of amides is 1. The molecule has 1 saturated heterocycles. The van der Waals surface area contributed by atoms with Crippen molar-refractivity contribution in [1.82, 2.24) is 0 Å². The Morgan fingerprint density at radius 3 is 2.74 bits per heavy atom. The maximum absolute atomic E-state index is 12.7. The van der Waals surface area contributed by atoms with Crippen LogP contribution >= 0.6 is 15.9 Å². The van der Waals surface area contributed by atoms with E-state index in [1.165, 1.54) is 4.90 Å². The van der Waals surface area contributed by atoms with Crippen molar-refractivity contribution < 1.29 is 17.1 Å². The third-order valence-corrected chi connectivity index (χ3v) is 4.54. The van der Waals surface area contributed by atoms with Crippen molar-refractivity contribution in [3.8, 4) is 0 Å². The second-order valence-electron chi connectivity index (χ2n) is 4.73. The molecule has 1 amide bonds. The van der Waals surface area contributed by atoms with E-state index in [0.29, 0.717) is 5.69 Å². The molecule has 104 valence electrons. The van der Waals surface area contributed by atoms with Crippen LogP contribution in [0.1, 0.15) is 12.0 Å². The van der Waals surface area contributed by atoms with Crippen molar-refractivity contribution in [3.63, 3.8) is 0 Å². The molecule has 7 heteroatoms. The lowest BCUT2D eigenvalue weighted by Gasteiger charge is -2.18. The summed E-state index contributed by atoms with van der Waals surface area (Å²) in [5.74, 6) is -1.27. The maximum atomic E-state index is 12.7. The molecule has 0 saturated carbocycles. The minimum absolute atomic E-state index is 0.0590. The number of halogens is 2. The van der Waals surface area contributed by atoms with Gasteiger partial charge in [-0.15, -0.1) is 3.89 Å². The summed E-state index contributed by atoms with van der Waals surface area (Å²) in [5, 5.41) is 0. The van der Waals surface area contributed by atoms with Crippen molar-refractivity contribution in [2.24, 2.45) is 5.92 Å². The Kier molecular flexibility index (Phi) is 3.96. The van der Waals surface area contributed by atoms with Crippen LogP contribution in [0.15, 0.2) is 22.7 Å². The smallest absolute Gasteiger partial charge is 0.302 e. The van der Waals surface area contributed by atoms with Crippen LogP contribution in [-0.4, -0.2) is 26.6 Å². The van der Waals surface area contributed by atoms with Gasteiger partial charge in [-0.25, -0.2) is 0 Å². The van der Waals surface area contributed by atoms with Crippen LogP contribution in [0.5, 0.6) is 0 Å². The molecule has 0 N–H and O–H groups in total. The summed E-state index contributed by atoms with van der Waals surface area (Å²) < 4.78 is 34.7. The number of aryl methyl sites for hydroxylation is 1. The van der Waals surface area contributed by atoms with Crippen LogP contribution in [0.2, 0.25) is 0 Å². The fourth-order valence-corrected chi connectivity index (χ4v) is 3.73. The zero-order valence-electron chi connectivity index (χ0n) is 10.3. The van der Waals surface area contributed by atoms with Gasteiger partial charge in [0.1, 0.15) is 0 Å². The molecule has 1 fully saturated rings. The number of carbonyl (C=O) groups excluding carboxylic acids is 1. The van der Waals surface area contributed by atoms with E-state index in [9.17, 15) is 17.1 Å². The number of hydrogen-bond donors (Lipinski definition) is 0. The standard InChI is InChI=1S/C12H13BrFNO3S/c1-8-2-3-11(10(13)4-8)15-6-9(5-12(15)16)7-19(14,17)18/h2-4,9H,5-7H2,1H3. The number of rotatable bonds is 3. The zero-order chi connectivity index (χ0) is 14.2. The highest BCUT2D eigenvalue weighted by molar-refractivity contribution is 9.10. The first-order valence-electron chi connectivity index (χ1n) is 5.75. The van der Waals surface area contributed by atoms with Gasteiger partial charge in [0, 0.05) is 23.4 Å². The Bertz CT molecular complexity index is 617. The summed E-state index contributed by atoms with van der Waals surface area (Å²) >= 11 is 3.38. The summed E-state index contributed by atoms with van der Waals surface area (Å²) in [7, 11) is -4.54. The second kappa shape index (κ2) is 5.20. The minimum Gasteiger partial charge on any atom is -0.311 e. The minimum atomic E-state index is -4.54. The quantitative estimate of drug-likeness (QED) is 0.787. The van der Waals surface area contributed by atoms with Gasteiger partial charge in [0.25, 0.3) is 0 Å². The summed E-state index contributed by atoms with van der Waals surface area (Å²) in [6.07, 6.45) is 0.0590. The SMILES string of the molecule is Cc1ccc(N2CC(CS(=O)(=O)F)CC2=O)c(Br)c1. The van der Waals surface area contributed by atoms with Gasteiger partial charge in [0.05, 0.1) is 11.4 Å². The van der Waals surface area contributed by atoms with E-state index in [2.05, 4.69) is 15.9 Å². The lowest BCUT2D eigenvalue weighted by Crippen LogP contribution is -2.25. The monoisotopic (exact) mass is 349 g/mol. The molecule has 2 rings (SSSR count). The Morgan fingerprint density at radius 1 is 1.47 bits per heavy atom. The molecule has 1 aromatic rings. The highest BCUT2D eigenvalue weighted by Crippen LogP contribution is 2.32. The summed E-state index contributed by atoms with van der Waals surface area (Å²) in [4.78, 5) is 13.4. The summed E-state index contributed by atoms with van der Waals surface area (Å²) in [6.45, 7) is 2.16. The second-order valence-corrected chi connectivity index (χ2v) is 7.00. The van der Waals surface area contributed by atoms with Gasteiger partial charge in [0.2, 0.25) is 5.91 Å². The molecule has 0 spiro atoms. The van der Waals surface area contributed by atoms with Crippen LogP contribution in [0.3, 0.4) is 0 Å². The normalized spacial score (nSPS) is 20.1. The third-order valence-electron chi connectivity index (χ3n) is 3.03. The predicted molar refractivity (Wildman–Crippen MR) is 74.2 cm³/mol. The van der Waals surface area contributed by atoms with E-state index in [4.69, 9.17) is 0 Å². The number of nitrogens with zero attached hydrogens (tertiary/aromatic N) is 1. The molecular formula is C12H13BrFNO3S. The molecule has 0 radical (unpaired) electrons. The molecule has 1 atom stereocenters. The largest absolute Gasteiger partial charge is 0.311 e. The predicted octanol–water partition coefficient (Wildman–Crippen LogP) is 2.41. The fraction of sp³-hybridized carbons (Fsp3) is 0.417. The van der Waals surface area contributed by atoms with Crippen LogP contribution in [0, 0.1) is 12.8 Å². The molecule has 1 unspecified atom stereocenters. The maximum Gasteiger partial charge on any atom is 0.302 e. The molecule has 4 nitrogen and oxygen atoms in total. The van der Waals surface area contributed by atoms with Gasteiger partial charge in [-0.2, -0.15) is 8.42 Å². The average Bonchev–Trinajstić information content (AvgIpc) is 2.56. The number of benzene rings is 1. The molecule has 1 aliphatic heterocycles. The van der Waals surface area contributed by atoms with Gasteiger partial charge < -0.3 is 4.90 Å². The first-order valence-corrected chi connectivity index (χ1v) is 8.09. The van der Waals surface area contributed by atoms with Crippen molar-refractivity contribution in [1.29, 1.82) is 0 Å². The molecule has 0 aromatic heterocycles.